The highest BCUT2D eigenvalue weighted by Gasteiger charge is 2.27. The summed E-state index contributed by atoms with van der Waals surface area (Å²) in [5.74, 6) is 0. The summed E-state index contributed by atoms with van der Waals surface area (Å²) >= 11 is 0. The Labute approximate surface area is 272 Å². The molecule has 2 heterocycles. The molecular formula is C44H28N2O. The van der Waals surface area contributed by atoms with Gasteiger partial charge in [-0.15, -0.1) is 0 Å². The third-order valence-electron chi connectivity index (χ3n) is 9.65. The predicted octanol–water partition coefficient (Wildman–Crippen LogP) is 11.2. The van der Waals surface area contributed by atoms with Crippen LogP contribution in [0.25, 0.3) is 71.8 Å². The molecule has 1 unspecified atom stereocenters. The van der Waals surface area contributed by atoms with Crippen LogP contribution in [0, 0.1) is 0 Å². The normalized spacial score (nSPS) is 15.0. The molecule has 0 saturated carbocycles. The fraction of sp³-hybridized carbons (Fsp3) is 0.0227. The summed E-state index contributed by atoms with van der Waals surface area (Å²) < 4.78 is 6.73. The molecule has 7 aromatic carbocycles. The Morgan fingerprint density at radius 3 is 1.98 bits per heavy atom. The van der Waals surface area contributed by atoms with Crippen molar-refractivity contribution < 1.29 is 4.42 Å². The fourth-order valence-electron chi connectivity index (χ4n) is 7.52. The minimum atomic E-state index is -0.321. The zero-order valence-electron chi connectivity index (χ0n) is 25.4. The van der Waals surface area contributed by atoms with Crippen molar-refractivity contribution in [1.82, 2.24) is 5.32 Å². The van der Waals surface area contributed by atoms with Gasteiger partial charge in [-0.25, -0.2) is 0 Å². The highest BCUT2D eigenvalue weighted by atomic mass is 16.3. The van der Waals surface area contributed by atoms with Crippen molar-refractivity contribution >= 4 is 44.1 Å². The topological polar surface area (TPSA) is 37.5 Å². The summed E-state index contributed by atoms with van der Waals surface area (Å²) in [4.78, 5) is 5.35. The second-order valence-corrected chi connectivity index (χ2v) is 12.3. The third kappa shape index (κ3) is 4.03. The molecule has 47 heavy (non-hydrogen) atoms. The minimum absolute atomic E-state index is 0.321. The van der Waals surface area contributed by atoms with Crippen LogP contribution in [0.2, 0.25) is 0 Å². The Bertz CT molecular complexity index is 2590. The fourth-order valence-corrected chi connectivity index (χ4v) is 7.52. The highest BCUT2D eigenvalue weighted by molar-refractivity contribution is 6.26. The first-order valence-corrected chi connectivity index (χ1v) is 16.1. The largest absolute Gasteiger partial charge is 0.455 e. The number of nitrogens with zero attached hydrogens (tertiary/aromatic N) is 1. The lowest BCUT2D eigenvalue weighted by Crippen LogP contribution is -2.25. The molecule has 1 atom stereocenters. The van der Waals surface area contributed by atoms with Crippen molar-refractivity contribution in [3.05, 3.63) is 174 Å². The average Bonchev–Trinajstić information content (AvgIpc) is 3.69. The molecule has 0 fully saturated rings. The van der Waals surface area contributed by atoms with E-state index in [2.05, 4.69) is 157 Å². The quantitative estimate of drug-likeness (QED) is 0.218. The monoisotopic (exact) mass is 600 g/mol. The van der Waals surface area contributed by atoms with Crippen molar-refractivity contribution in [3.63, 3.8) is 0 Å². The Morgan fingerprint density at radius 1 is 0.489 bits per heavy atom. The maximum absolute atomic E-state index is 6.73. The molecule has 0 radical (unpaired) electrons. The summed E-state index contributed by atoms with van der Waals surface area (Å²) in [7, 11) is 0. The van der Waals surface area contributed by atoms with Crippen molar-refractivity contribution in [2.45, 2.75) is 6.17 Å². The van der Waals surface area contributed by atoms with E-state index in [0.29, 0.717) is 0 Å². The Morgan fingerprint density at radius 2 is 1.15 bits per heavy atom. The molecule has 1 aliphatic carbocycles. The van der Waals surface area contributed by atoms with Gasteiger partial charge < -0.3 is 9.73 Å². The van der Waals surface area contributed by atoms with Gasteiger partial charge in [-0.3, -0.25) is 4.99 Å². The van der Waals surface area contributed by atoms with Crippen LogP contribution in [-0.2, 0) is 0 Å². The Hall–Kier alpha value is -6.19. The van der Waals surface area contributed by atoms with Gasteiger partial charge in [0.25, 0.3) is 0 Å². The second-order valence-electron chi connectivity index (χ2n) is 12.3. The standard InChI is InChI=1S/C44H28N2O/c1-3-12-27(13-4-1)29-16-9-17-30(24-29)39-26-38(28-14-5-2-6-15-28)45-44(46-39)35-22-11-23-40-42(35)37-25-36-32-19-8-7-18-31(32)33-20-10-21-34(41(33)36)43(37)47-40/h1-26,44,46H. The van der Waals surface area contributed by atoms with Crippen molar-refractivity contribution in [1.29, 1.82) is 0 Å². The molecule has 8 aromatic rings. The third-order valence-corrected chi connectivity index (χ3v) is 9.65. The Kier molecular flexibility index (Phi) is 5.64. The zero-order valence-corrected chi connectivity index (χ0v) is 25.4. The first kappa shape index (κ1) is 26.1. The number of hydrogen-bond acceptors (Lipinski definition) is 3. The van der Waals surface area contributed by atoms with E-state index in [0.717, 1.165) is 55.4 Å². The van der Waals surface area contributed by atoms with Crippen LogP contribution in [-0.4, -0.2) is 5.71 Å². The predicted molar refractivity (Wildman–Crippen MR) is 194 cm³/mol. The summed E-state index contributed by atoms with van der Waals surface area (Å²) in [5, 5.41) is 8.47. The van der Waals surface area contributed by atoms with E-state index in [4.69, 9.17) is 9.41 Å². The first-order chi connectivity index (χ1) is 23.3. The summed E-state index contributed by atoms with van der Waals surface area (Å²) in [6, 6.07) is 53.7. The second kappa shape index (κ2) is 10.2. The van der Waals surface area contributed by atoms with Gasteiger partial charge in [-0.2, -0.15) is 0 Å². The maximum atomic E-state index is 6.73. The van der Waals surface area contributed by atoms with Gasteiger partial charge >= 0.3 is 0 Å². The van der Waals surface area contributed by atoms with E-state index >= 15 is 0 Å². The van der Waals surface area contributed by atoms with Crippen LogP contribution in [0.1, 0.15) is 22.9 Å². The number of nitrogens with one attached hydrogen (secondary N) is 1. The highest BCUT2D eigenvalue weighted by Crippen LogP contribution is 2.51. The van der Waals surface area contributed by atoms with Crippen LogP contribution in [0.3, 0.4) is 0 Å². The van der Waals surface area contributed by atoms with Gasteiger partial charge in [-0.05, 0) is 68.8 Å². The molecule has 0 bridgehead atoms. The van der Waals surface area contributed by atoms with E-state index in [1.54, 1.807) is 0 Å². The van der Waals surface area contributed by atoms with Gasteiger partial charge in [0.2, 0.25) is 0 Å². The van der Waals surface area contributed by atoms with Crippen LogP contribution in [0.5, 0.6) is 0 Å². The molecule has 1 aromatic heterocycles. The van der Waals surface area contributed by atoms with Gasteiger partial charge in [0.05, 0.1) is 5.71 Å². The van der Waals surface area contributed by atoms with Gasteiger partial charge in [0, 0.05) is 32.8 Å². The number of fused-ring (bicyclic) bond motifs is 7. The zero-order chi connectivity index (χ0) is 30.9. The first-order valence-electron chi connectivity index (χ1n) is 16.1. The maximum Gasteiger partial charge on any atom is 0.146 e. The molecule has 10 rings (SSSR count). The lowest BCUT2D eigenvalue weighted by Gasteiger charge is -2.25. The lowest BCUT2D eigenvalue weighted by atomic mass is 9.96. The number of aliphatic imine (C=N–C) groups is 1. The molecular weight excluding hydrogens is 572 g/mol. The van der Waals surface area contributed by atoms with Crippen LogP contribution >= 0.6 is 0 Å². The van der Waals surface area contributed by atoms with Crippen molar-refractivity contribution in [2.24, 2.45) is 4.99 Å². The summed E-state index contributed by atoms with van der Waals surface area (Å²) in [6.07, 6.45) is 1.86. The molecule has 3 nitrogen and oxygen atoms in total. The number of benzene rings is 7. The molecule has 1 aliphatic heterocycles. The summed E-state index contributed by atoms with van der Waals surface area (Å²) in [6.45, 7) is 0. The number of furan rings is 1. The molecule has 2 aliphatic rings. The van der Waals surface area contributed by atoms with Gasteiger partial charge in [-0.1, -0.05) is 133 Å². The van der Waals surface area contributed by atoms with Crippen LogP contribution in [0.15, 0.2) is 167 Å². The van der Waals surface area contributed by atoms with Gasteiger partial charge in [0.15, 0.2) is 0 Å². The number of hydrogen-bond donors (Lipinski definition) is 1. The van der Waals surface area contributed by atoms with E-state index in [-0.39, 0.29) is 6.17 Å². The van der Waals surface area contributed by atoms with E-state index < -0.39 is 0 Å². The Balaban J connectivity index is 1.17. The molecule has 3 heteroatoms. The van der Waals surface area contributed by atoms with E-state index in [9.17, 15) is 0 Å². The van der Waals surface area contributed by atoms with Crippen LogP contribution in [0.4, 0.5) is 0 Å². The lowest BCUT2D eigenvalue weighted by molar-refractivity contribution is 0.660. The molecule has 220 valence electrons. The van der Waals surface area contributed by atoms with Crippen molar-refractivity contribution in [2.75, 3.05) is 0 Å². The van der Waals surface area contributed by atoms with E-state index in [1.807, 2.05) is 6.07 Å². The van der Waals surface area contributed by atoms with Crippen molar-refractivity contribution in [3.8, 4) is 33.4 Å². The number of rotatable bonds is 4. The number of allylic oxidation sites excluding steroid dienone is 1. The van der Waals surface area contributed by atoms with Gasteiger partial charge in [0.1, 0.15) is 17.3 Å². The smallest absolute Gasteiger partial charge is 0.146 e. The summed E-state index contributed by atoms with van der Waals surface area (Å²) in [5.41, 5.74) is 14.5. The molecule has 0 amide bonds. The minimum Gasteiger partial charge on any atom is -0.455 e. The SMILES string of the molecule is C1=C(c2cccc(-c3ccccc3)c2)NC(c2cccc3oc4c5cccc6c5c(cc4c23)-c2ccccc2-6)N=C1c1ccccc1. The van der Waals surface area contributed by atoms with E-state index in [1.165, 1.54) is 38.8 Å². The average molecular weight is 601 g/mol. The molecule has 1 N–H and O–H groups in total. The molecule has 0 spiro atoms. The van der Waals surface area contributed by atoms with Crippen LogP contribution < -0.4 is 5.32 Å². The molecule has 0 saturated heterocycles.